The van der Waals surface area contributed by atoms with Crippen molar-refractivity contribution in [2.24, 2.45) is 0 Å². The third-order valence-electron chi connectivity index (χ3n) is 5.76. The largest absolute Gasteiger partial charge is 0.338 e. The standard InChI is InChI=1S/C21H25Cl2N3OS/c1-14-19(28-20(24-14)15-11-16(22)13-17(23)12-15)21(27)26-9-5-18(6-10-26)25-7-3-2-4-8-25/h11-13,18H,2-10H2,1H3. The molecule has 1 aromatic carbocycles. The SMILES string of the molecule is Cc1nc(-c2cc(Cl)cc(Cl)c2)sc1C(=O)N1CCC(N2CCCCC2)CC1. The highest BCUT2D eigenvalue weighted by Crippen LogP contribution is 2.33. The van der Waals surface area contributed by atoms with E-state index in [1.54, 1.807) is 6.07 Å². The molecular weight excluding hydrogens is 413 g/mol. The first-order chi connectivity index (χ1) is 13.5. The van der Waals surface area contributed by atoms with Crippen LogP contribution in [0.25, 0.3) is 10.6 Å². The Kier molecular flexibility index (Phi) is 6.26. The minimum absolute atomic E-state index is 0.103. The number of benzene rings is 1. The molecule has 0 radical (unpaired) electrons. The van der Waals surface area contributed by atoms with E-state index in [4.69, 9.17) is 23.2 Å². The molecule has 150 valence electrons. The van der Waals surface area contributed by atoms with Gasteiger partial charge in [0, 0.05) is 34.7 Å². The molecule has 0 spiro atoms. The lowest BCUT2D eigenvalue weighted by Crippen LogP contribution is -2.48. The number of likely N-dealkylation sites (tertiary alicyclic amines) is 2. The van der Waals surface area contributed by atoms with Crippen molar-refractivity contribution in [3.05, 3.63) is 38.8 Å². The Hall–Kier alpha value is -1.14. The third kappa shape index (κ3) is 4.38. The van der Waals surface area contributed by atoms with Crippen LogP contribution in [-0.2, 0) is 0 Å². The topological polar surface area (TPSA) is 36.4 Å². The van der Waals surface area contributed by atoms with Crippen LogP contribution in [0.1, 0.15) is 47.5 Å². The number of hydrogen-bond donors (Lipinski definition) is 0. The quantitative estimate of drug-likeness (QED) is 0.634. The Morgan fingerprint density at radius 1 is 1.04 bits per heavy atom. The number of aryl methyl sites for hydroxylation is 1. The summed E-state index contributed by atoms with van der Waals surface area (Å²) in [7, 11) is 0. The number of aromatic nitrogens is 1. The van der Waals surface area contributed by atoms with Gasteiger partial charge in [-0.3, -0.25) is 4.79 Å². The lowest BCUT2D eigenvalue weighted by Gasteiger charge is -2.40. The fourth-order valence-corrected chi connectivity index (χ4v) is 5.80. The second-order valence-corrected chi connectivity index (χ2v) is 9.58. The summed E-state index contributed by atoms with van der Waals surface area (Å²) in [6.07, 6.45) is 6.13. The molecule has 4 nitrogen and oxygen atoms in total. The summed E-state index contributed by atoms with van der Waals surface area (Å²) in [5.41, 5.74) is 1.63. The van der Waals surface area contributed by atoms with Gasteiger partial charge >= 0.3 is 0 Å². The van der Waals surface area contributed by atoms with Crippen LogP contribution in [0.4, 0.5) is 0 Å². The smallest absolute Gasteiger partial charge is 0.265 e. The molecule has 2 aliphatic rings. The monoisotopic (exact) mass is 437 g/mol. The van der Waals surface area contributed by atoms with Crippen LogP contribution in [0.3, 0.4) is 0 Å². The van der Waals surface area contributed by atoms with Gasteiger partial charge in [-0.1, -0.05) is 29.6 Å². The first-order valence-corrected chi connectivity index (χ1v) is 11.6. The molecule has 7 heteroatoms. The molecule has 0 bridgehead atoms. The molecule has 0 aliphatic carbocycles. The van der Waals surface area contributed by atoms with Gasteiger partial charge in [0.25, 0.3) is 5.91 Å². The van der Waals surface area contributed by atoms with Crippen molar-refractivity contribution in [3.8, 4) is 10.6 Å². The van der Waals surface area contributed by atoms with Gasteiger partial charge in [0.15, 0.2) is 0 Å². The molecule has 0 N–H and O–H groups in total. The maximum Gasteiger partial charge on any atom is 0.265 e. The molecule has 2 saturated heterocycles. The van der Waals surface area contributed by atoms with Crippen LogP contribution in [0.15, 0.2) is 18.2 Å². The number of halogens is 2. The van der Waals surface area contributed by atoms with Gasteiger partial charge in [-0.2, -0.15) is 0 Å². The number of carbonyl (C=O) groups is 1. The Bertz CT molecular complexity index is 835. The zero-order chi connectivity index (χ0) is 19.7. The Balaban J connectivity index is 1.45. The minimum atomic E-state index is 0.103. The fraction of sp³-hybridized carbons (Fsp3) is 0.524. The van der Waals surface area contributed by atoms with Crippen LogP contribution in [0.2, 0.25) is 10.0 Å². The summed E-state index contributed by atoms with van der Waals surface area (Å²) in [5.74, 6) is 0.103. The van der Waals surface area contributed by atoms with E-state index < -0.39 is 0 Å². The maximum absolute atomic E-state index is 13.1. The lowest BCUT2D eigenvalue weighted by atomic mass is 10.00. The summed E-state index contributed by atoms with van der Waals surface area (Å²) in [6, 6.07) is 6.01. The molecule has 0 unspecified atom stereocenters. The van der Waals surface area contributed by atoms with Crippen molar-refractivity contribution in [1.82, 2.24) is 14.8 Å². The zero-order valence-electron chi connectivity index (χ0n) is 16.1. The molecule has 1 amide bonds. The molecule has 2 aliphatic heterocycles. The highest BCUT2D eigenvalue weighted by Gasteiger charge is 2.29. The van der Waals surface area contributed by atoms with Gasteiger partial charge in [-0.15, -0.1) is 11.3 Å². The first-order valence-electron chi connectivity index (χ1n) is 9.98. The van der Waals surface area contributed by atoms with E-state index in [0.717, 1.165) is 47.1 Å². The van der Waals surface area contributed by atoms with Gasteiger partial charge in [0.2, 0.25) is 0 Å². The van der Waals surface area contributed by atoms with Gasteiger partial charge in [-0.05, 0) is 63.9 Å². The molecule has 0 atom stereocenters. The molecule has 0 saturated carbocycles. The second kappa shape index (κ2) is 8.70. The minimum Gasteiger partial charge on any atom is -0.338 e. The van der Waals surface area contributed by atoms with Crippen molar-refractivity contribution >= 4 is 40.4 Å². The van der Waals surface area contributed by atoms with E-state index >= 15 is 0 Å². The molecular formula is C21H25Cl2N3OS. The zero-order valence-corrected chi connectivity index (χ0v) is 18.4. The second-order valence-electron chi connectivity index (χ2n) is 7.71. The van der Waals surface area contributed by atoms with Gasteiger partial charge < -0.3 is 9.80 Å². The molecule has 2 aromatic rings. The third-order valence-corrected chi connectivity index (χ3v) is 7.39. The van der Waals surface area contributed by atoms with Crippen LogP contribution >= 0.6 is 34.5 Å². The number of nitrogens with zero attached hydrogens (tertiary/aromatic N) is 3. The van der Waals surface area contributed by atoms with Gasteiger partial charge in [0.05, 0.1) is 5.69 Å². The van der Waals surface area contributed by atoms with Crippen molar-refractivity contribution in [3.63, 3.8) is 0 Å². The highest BCUT2D eigenvalue weighted by atomic mass is 35.5. The Morgan fingerprint density at radius 2 is 1.68 bits per heavy atom. The Labute approximate surface area is 180 Å². The number of rotatable bonds is 3. The van der Waals surface area contributed by atoms with Crippen LogP contribution in [0, 0.1) is 6.92 Å². The molecule has 28 heavy (non-hydrogen) atoms. The predicted molar refractivity (Wildman–Crippen MR) is 117 cm³/mol. The van der Waals surface area contributed by atoms with Crippen molar-refractivity contribution in [2.45, 2.75) is 45.1 Å². The lowest BCUT2D eigenvalue weighted by molar-refractivity contribution is 0.0593. The van der Waals surface area contributed by atoms with Gasteiger partial charge in [0.1, 0.15) is 9.88 Å². The van der Waals surface area contributed by atoms with Crippen LogP contribution in [0.5, 0.6) is 0 Å². The van der Waals surface area contributed by atoms with E-state index in [9.17, 15) is 4.79 Å². The van der Waals surface area contributed by atoms with Crippen LogP contribution in [-0.4, -0.2) is 52.9 Å². The summed E-state index contributed by atoms with van der Waals surface area (Å²) in [5, 5.41) is 1.93. The predicted octanol–water partition coefficient (Wildman–Crippen LogP) is 5.52. The van der Waals surface area contributed by atoms with E-state index in [0.29, 0.717) is 16.1 Å². The van der Waals surface area contributed by atoms with Crippen molar-refractivity contribution in [1.29, 1.82) is 0 Å². The molecule has 3 heterocycles. The average molecular weight is 438 g/mol. The van der Waals surface area contributed by atoms with Crippen LogP contribution < -0.4 is 0 Å². The first kappa shape index (κ1) is 20.1. The molecule has 2 fully saturated rings. The van der Waals surface area contributed by atoms with Crippen molar-refractivity contribution in [2.75, 3.05) is 26.2 Å². The summed E-state index contributed by atoms with van der Waals surface area (Å²) < 4.78 is 0. The summed E-state index contributed by atoms with van der Waals surface area (Å²) in [4.78, 5) is 23.1. The number of hydrogen-bond acceptors (Lipinski definition) is 4. The fourth-order valence-electron chi connectivity index (χ4n) is 4.26. The Morgan fingerprint density at radius 3 is 2.32 bits per heavy atom. The highest BCUT2D eigenvalue weighted by molar-refractivity contribution is 7.17. The molecule has 1 aromatic heterocycles. The van der Waals surface area contributed by atoms with Crippen molar-refractivity contribution < 1.29 is 4.79 Å². The number of piperidine rings is 2. The maximum atomic E-state index is 13.1. The molecule has 4 rings (SSSR count). The summed E-state index contributed by atoms with van der Waals surface area (Å²) >= 11 is 13.7. The number of amides is 1. The average Bonchev–Trinajstić information content (AvgIpc) is 3.09. The number of thiazole rings is 1. The normalized spacial score (nSPS) is 19.2. The van der Waals surface area contributed by atoms with E-state index in [1.165, 1.54) is 43.7 Å². The van der Waals surface area contributed by atoms with E-state index in [-0.39, 0.29) is 5.91 Å². The van der Waals surface area contributed by atoms with Gasteiger partial charge in [-0.25, -0.2) is 4.98 Å². The van der Waals surface area contributed by atoms with E-state index in [1.807, 2.05) is 24.0 Å². The summed E-state index contributed by atoms with van der Waals surface area (Å²) in [6.45, 7) is 6.00. The number of carbonyl (C=O) groups excluding carboxylic acids is 1. The van der Waals surface area contributed by atoms with E-state index in [2.05, 4.69) is 9.88 Å².